The van der Waals surface area contributed by atoms with Crippen molar-refractivity contribution in [1.82, 2.24) is 14.3 Å². The molecule has 6 nitrogen and oxygen atoms in total. The second kappa shape index (κ2) is 7.17. The Kier molecular flexibility index (Phi) is 4.58. The average Bonchev–Trinajstić information content (AvgIpc) is 3.31. The van der Waals surface area contributed by atoms with E-state index in [1.54, 1.807) is 12.1 Å². The monoisotopic (exact) mass is 350 g/mol. The number of carbonyl (C=O) groups excluding carboxylic acids is 1. The van der Waals surface area contributed by atoms with E-state index < -0.39 is 5.91 Å². The second-order valence-electron chi connectivity index (χ2n) is 6.56. The van der Waals surface area contributed by atoms with E-state index in [9.17, 15) is 4.79 Å². The quantitative estimate of drug-likeness (QED) is 0.742. The molecule has 1 aliphatic rings. The van der Waals surface area contributed by atoms with Gasteiger partial charge in [-0.1, -0.05) is 0 Å². The van der Waals surface area contributed by atoms with Crippen LogP contribution in [0, 0.1) is 0 Å². The van der Waals surface area contributed by atoms with Crippen molar-refractivity contribution in [2.75, 3.05) is 26.2 Å². The molecule has 3 heterocycles. The molecule has 1 aromatic carbocycles. The molecule has 1 aliphatic heterocycles. The molecule has 0 atom stereocenters. The summed E-state index contributed by atoms with van der Waals surface area (Å²) < 4.78 is 7.66. The number of nitrogens with two attached hydrogens (primary N) is 1. The van der Waals surface area contributed by atoms with Crippen LogP contribution in [0.5, 0.6) is 5.75 Å². The number of likely N-dealkylation sites (tertiary alicyclic amines) is 1. The molecule has 26 heavy (non-hydrogen) atoms. The zero-order valence-electron chi connectivity index (χ0n) is 14.6. The highest BCUT2D eigenvalue weighted by Crippen LogP contribution is 2.23. The van der Waals surface area contributed by atoms with E-state index in [0.717, 1.165) is 23.6 Å². The Morgan fingerprint density at radius 3 is 2.65 bits per heavy atom. The Morgan fingerprint density at radius 2 is 1.92 bits per heavy atom. The van der Waals surface area contributed by atoms with Crippen molar-refractivity contribution in [2.24, 2.45) is 5.73 Å². The van der Waals surface area contributed by atoms with Crippen LogP contribution in [0.2, 0.25) is 0 Å². The van der Waals surface area contributed by atoms with Crippen molar-refractivity contribution >= 4 is 11.6 Å². The van der Waals surface area contributed by atoms with Gasteiger partial charge in [-0.2, -0.15) is 0 Å². The number of fused-ring (bicyclic) bond motifs is 1. The van der Waals surface area contributed by atoms with Gasteiger partial charge in [-0.15, -0.1) is 0 Å². The van der Waals surface area contributed by atoms with Crippen LogP contribution in [0.1, 0.15) is 23.2 Å². The summed E-state index contributed by atoms with van der Waals surface area (Å²) in [7, 11) is 0. The number of pyridine rings is 1. The number of benzene rings is 1. The molecule has 0 saturated carbocycles. The summed E-state index contributed by atoms with van der Waals surface area (Å²) in [5.41, 5.74) is 8.18. The lowest BCUT2D eigenvalue weighted by Gasteiger charge is -2.14. The third-order valence-electron chi connectivity index (χ3n) is 4.77. The van der Waals surface area contributed by atoms with Crippen LogP contribution in [0.3, 0.4) is 0 Å². The van der Waals surface area contributed by atoms with Gasteiger partial charge in [0.25, 0.3) is 5.91 Å². The highest BCUT2D eigenvalue weighted by molar-refractivity contribution is 5.98. The first-order chi connectivity index (χ1) is 12.7. The van der Waals surface area contributed by atoms with Crippen LogP contribution >= 0.6 is 0 Å². The highest BCUT2D eigenvalue weighted by Gasteiger charge is 2.12. The molecule has 0 aliphatic carbocycles. The number of amides is 1. The maximum absolute atomic E-state index is 11.5. The van der Waals surface area contributed by atoms with Gasteiger partial charge >= 0.3 is 0 Å². The Balaban J connectivity index is 1.47. The molecule has 134 valence electrons. The molecular formula is C20H22N4O2. The number of nitrogens with zero attached hydrogens (tertiary/aromatic N) is 3. The maximum Gasteiger partial charge on any atom is 0.252 e. The third-order valence-corrected chi connectivity index (χ3v) is 4.77. The fourth-order valence-corrected chi connectivity index (χ4v) is 3.37. The van der Waals surface area contributed by atoms with Crippen molar-refractivity contribution in [3.8, 4) is 17.0 Å². The van der Waals surface area contributed by atoms with Crippen molar-refractivity contribution < 1.29 is 9.53 Å². The topological polar surface area (TPSA) is 72.9 Å². The Bertz CT molecular complexity index is 911. The summed E-state index contributed by atoms with van der Waals surface area (Å²) in [4.78, 5) is 18.5. The van der Waals surface area contributed by atoms with Crippen molar-refractivity contribution in [3.05, 3.63) is 54.4 Å². The van der Waals surface area contributed by atoms with Crippen LogP contribution in [-0.2, 0) is 0 Å². The normalized spacial score (nSPS) is 14.8. The summed E-state index contributed by atoms with van der Waals surface area (Å²) in [6.45, 7) is 4.05. The molecule has 3 aromatic rings. The van der Waals surface area contributed by atoms with E-state index in [2.05, 4.69) is 9.88 Å². The molecule has 6 heteroatoms. The van der Waals surface area contributed by atoms with Gasteiger partial charge in [-0.05, 0) is 62.3 Å². The minimum atomic E-state index is -0.477. The lowest BCUT2D eigenvalue weighted by atomic mass is 10.2. The molecule has 2 N–H and O–H groups in total. The van der Waals surface area contributed by atoms with Crippen molar-refractivity contribution in [1.29, 1.82) is 0 Å². The number of imidazole rings is 1. The van der Waals surface area contributed by atoms with Gasteiger partial charge in [0.2, 0.25) is 0 Å². The highest BCUT2D eigenvalue weighted by atomic mass is 16.5. The lowest BCUT2D eigenvalue weighted by Crippen LogP contribution is -2.25. The van der Waals surface area contributed by atoms with E-state index in [1.165, 1.54) is 25.9 Å². The number of rotatable bonds is 6. The van der Waals surface area contributed by atoms with Gasteiger partial charge < -0.3 is 14.9 Å². The lowest BCUT2D eigenvalue weighted by molar-refractivity contribution is 0.100. The number of aromatic nitrogens is 2. The van der Waals surface area contributed by atoms with Crippen molar-refractivity contribution in [2.45, 2.75) is 12.8 Å². The largest absolute Gasteiger partial charge is 0.492 e. The zero-order valence-corrected chi connectivity index (χ0v) is 14.6. The summed E-state index contributed by atoms with van der Waals surface area (Å²) in [6, 6.07) is 11.4. The van der Waals surface area contributed by atoms with Gasteiger partial charge in [0.05, 0.1) is 11.3 Å². The van der Waals surface area contributed by atoms with E-state index in [1.807, 2.05) is 41.1 Å². The van der Waals surface area contributed by atoms with Gasteiger partial charge in [-0.25, -0.2) is 4.98 Å². The number of hydrogen-bond acceptors (Lipinski definition) is 4. The minimum Gasteiger partial charge on any atom is -0.492 e. The van der Waals surface area contributed by atoms with E-state index in [4.69, 9.17) is 10.5 Å². The Labute approximate surface area is 152 Å². The molecule has 1 saturated heterocycles. The number of ether oxygens (including phenoxy) is 1. The average molecular weight is 350 g/mol. The SMILES string of the molecule is NC(=O)c1cccn2cc(-c3ccc(OCCN4CCCC4)cc3)nc12. The molecule has 4 rings (SSSR count). The first-order valence-corrected chi connectivity index (χ1v) is 8.94. The molecule has 2 aromatic heterocycles. The predicted octanol–water partition coefficient (Wildman–Crippen LogP) is 2.57. The molecule has 0 bridgehead atoms. The number of carbonyl (C=O) groups is 1. The third kappa shape index (κ3) is 3.41. The molecule has 0 radical (unpaired) electrons. The molecule has 1 amide bonds. The predicted molar refractivity (Wildman–Crippen MR) is 100 cm³/mol. The smallest absolute Gasteiger partial charge is 0.252 e. The molecular weight excluding hydrogens is 328 g/mol. The number of hydrogen-bond donors (Lipinski definition) is 1. The van der Waals surface area contributed by atoms with Crippen LogP contribution in [0.25, 0.3) is 16.9 Å². The standard InChI is InChI=1S/C20H22N4O2/c21-19(25)17-4-3-11-24-14-18(22-20(17)24)15-5-7-16(8-6-15)26-13-12-23-9-1-2-10-23/h3-8,11,14H,1-2,9-10,12-13H2,(H2,21,25). The van der Waals surface area contributed by atoms with Gasteiger partial charge in [-0.3, -0.25) is 9.69 Å². The summed E-state index contributed by atoms with van der Waals surface area (Å²) >= 11 is 0. The second-order valence-corrected chi connectivity index (χ2v) is 6.56. The minimum absolute atomic E-state index is 0.417. The summed E-state index contributed by atoms with van der Waals surface area (Å²) in [5.74, 6) is 0.379. The van der Waals surface area contributed by atoms with E-state index in [0.29, 0.717) is 17.8 Å². The molecule has 0 spiro atoms. The molecule has 0 unspecified atom stereocenters. The molecule has 1 fully saturated rings. The van der Waals surface area contributed by atoms with Crippen LogP contribution in [0.15, 0.2) is 48.8 Å². The van der Waals surface area contributed by atoms with E-state index in [-0.39, 0.29) is 0 Å². The Morgan fingerprint density at radius 1 is 1.15 bits per heavy atom. The van der Waals surface area contributed by atoms with Crippen LogP contribution in [-0.4, -0.2) is 46.4 Å². The Hall–Kier alpha value is -2.86. The fraction of sp³-hybridized carbons (Fsp3) is 0.300. The first-order valence-electron chi connectivity index (χ1n) is 8.94. The van der Waals surface area contributed by atoms with Crippen molar-refractivity contribution in [3.63, 3.8) is 0 Å². The van der Waals surface area contributed by atoms with Crippen LogP contribution < -0.4 is 10.5 Å². The van der Waals surface area contributed by atoms with Gasteiger partial charge in [0.1, 0.15) is 18.0 Å². The first kappa shape index (κ1) is 16.6. The zero-order chi connectivity index (χ0) is 17.9. The maximum atomic E-state index is 11.5. The fourth-order valence-electron chi connectivity index (χ4n) is 3.37. The van der Waals surface area contributed by atoms with Crippen LogP contribution in [0.4, 0.5) is 0 Å². The summed E-state index contributed by atoms with van der Waals surface area (Å²) in [6.07, 6.45) is 6.34. The van der Waals surface area contributed by atoms with Gasteiger partial charge in [0, 0.05) is 24.5 Å². The summed E-state index contributed by atoms with van der Waals surface area (Å²) in [5, 5.41) is 0. The number of primary amides is 1. The van der Waals surface area contributed by atoms with E-state index >= 15 is 0 Å². The van der Waals surface area contributed by atoms with Gasteiger partial charge in [0.15, 0.2) is 0 Å².